The molecule has 2 N–H and O–H groups in total. The van der Waals surface area contributed by atoms with E-state index in [1.165, 1.54) is 18.9 Å². The molecule has 0 saturated carbocycles. The fourth-order valence-corrected chi connectivity index (χ4v) is 2.00. The van der Waals surface area contributed by atoms with Gasteiger partial charge in [0.05, 0.1) is 7.11 Å². The summed E-state index contributed by atoms with van der Waals surface area (Å²) in [5.74, 6) is -1.40. The number of piperidine rings is 1. The second-order valence-corrected chi connectivity index (χ2v) is 4.24. The van der Waals surface area contributed by atoms with Crippen LogP contribution in [0.3, 0.4) is 0 Å². The molecule has 0 bridgehead atoms. The Morgan fingerprint density at radius 1 is 1.39 bits per heavy atom. The van der Waals surface area contributed by atoms with E-state index in [1.807, 2.05) is 0 Å². The van der Waals surface area contributed by atoms with Gasteiger partial charge in [-0.1, -0.05) is 0 Å². The molecule has 0 aliphatic carbocycles. The van der Waals surface area contributed by atoms with E-state index in [9.17, 15) is 14.4 Å². The first-order valence-electron chi connectivity index (χ1n) is 5.85. The number of nitrogens with one attached hydrogen (secondary N) is 1. The molecule has 1 saturated heterocycles. The summed E-state index contributed by atoms with van der Waals surface area (Å²) >= 11 is 0. The van der Waals surface area contributed by atoms with Crippen LogP contribution in [0.2, 0.25) is 0 Å². The number of amides is 2. The molecule has 102 valence electrons. The highest BCUT2D eigenvalue weighted by atomic mass is 16.5. The van der Waals surface area contributed by atoms with Crippen molar-refractivity contribution in [3.05, 3.63) is 0 Å². The second-order valence-electron chi connectivity index (χ2n) is 4.24. The first-order chi connectivity index (χ1) is 8.47. The predicted octanol–water partition coefficient (Wildman–Crippen LogP) is 0.197. The van der Waals surface area contributed by atoms with Crippen LogP contribution in [0.4, 0.5) is 4.79 Å². The number of nitrogens with zero attached hydrogens (tertiary/aromatic N) is 1. The molecule has 2 amide bonds. The van der Waals surface area contributed by atoms with Crippen LogP contribution in [0.1, 0.15) is 26.2 Å². The number of carbonyl (C=O) groups excluding carboxylic acids is 2. The molecule has 1 heterocycles. The van der Waals surface area contributed by atoms with Crippen molar-refractivity contribution in [1.82, 2.24) is 10.2 Å². The summed E-state index contributed by atoms with van der Waals surface area (Å²) in [5.41, 5.74) is 0. The van der Waals surface area contributed by atoms with E-state index in [0.717, 1.165) is 12.8 Å². The van der Waals surface area contributed by atoms with E-state index in [-0.39, 0.29) is 0 Å². The third-order valence-corrected chi connectivity index (χ3v) is 2.96. The lowest BCUT2D eigenvalue weighted by Crippen LogP contribution is -2.54. The van der Waals surface area contributed by atoms with Gasteiger partial charge >= 0.3 is 12.1 Å². The average molecular weight is 258 g/mol. The van der Waals surface area contributed by atoms with Crippen molar-refractivity contribution in [1.29, 1.82) is 0 Å². The van der Waals surface area contributed by atoms with Gasteiger partial charge in [-0.2, -0.15) is 0 Å². The van der Waals surface area contributed by atoms with Gasteiger partial charge < -0.3 is 20.1 Å². The Morgan fingerprint density at radius 2 is 2.06 bits per heavy atom. The largest absolute Gasteiger partial charge is 0.480 e. The van der Waals surface area contributed by atoms with Crippen LogP contribution in [0.15, 0.2) is 0 Å². The fraction of sp³-hybridized carbons (Fsp3) is 0.727. The number of alkyl carbamates (subject to hydrolysis) is 1. The van der Waals surface area contributed by atoms with Crippen LogP contribution < -0.4 is 5.32 Å². The van der Waals surface area contributed by atoms with Crippen molar-refractivity contribution in [2.45, 2.75) is 38.3 Å². The predicted molar refractivity (Wildman–Crippen MR) is 62.0 cm³/mol. The number of aliphatic carboxylic acids is 1. The van der Waals surface area contributed by atoms with E-state index in [4.69, 9.17) is 5.11 Å². The van der Waals surface area contributed by atoms with Crippen LogP contribution >= 0.6 is 0 Å². The smallest absolute Gasteiger partial charge is 0.407 e. The molecule has 1 fully saturated rings. The highest BCUT2D eigenvalue weighted by molar-refractivity contribution is 5.89. The highest BCUT2D eigenvalue weighted by Crippen LogP contribution is 2.18. The number of hydrogen-bond donors (Lipinski definition) is 2. The number of hydrogen-bond acceptors (Lipinski definition) is 4. The summed E-state index contributed by atoms with van der Waals surface area (Å²) in [6.07, 6.45) is 1.31. The maximum atomic E-state index is 12.1. The van der Waals surface area contributed by atoms with E-state index < -0.39 is 30.1 Å². The van der Waals surface area contributed by atoms with Gasteiger partial charge in [0.1, 0.15) is 12.1 Å². The molecule has 1 aliphatic heterocycles. The first-order valence-corrected chi connectivity index (χ1v) is 5.85. The van der Waals surface area contributed by atoms with Crippen LogP contribution in [0.5, 0.6) is 0 Å². The maximum absolute atomic E-state index is 12.1. The van der Waals surface area contributed by atoms with Crippen LogP contribution in [0.25, 0.3) is 0 Å². The molecule has 1 rings (SSSR count). The van der Waals surface area contributed by atoms with E-state index in [2.05, 4.69) is 10.1 Å². The number of ether oxygens (including phenoxy) is 1. The Bertz CT molecular complexity index is 344. The summed E-state index contributed by atoms with van der Waals surface area (Å²) < 4.78 is 4.40. The van der Waals surface area contributed by atoms with Crippen LogP contribution in [-0.4, -0.2) is 53.7 Å². The minimum atomic E-state index is -1.01. The molecule has 18 heavy (non-hydrogen) atoms. The minimum absolute atomic E-state index is 0.396. The minimum Gasteiger partial charge on any atom is -0.480 e. The zero-order valence-corrected chi connectivity index (χ0v) is 10.5. The molecule has 0 radical (unpaired) electrons. The zero-order valence-electron chi connectivity index (χ0n) is 10.5. The van der Waals surface area contributed by atoms with Crippen molar-refractivity contribution in [2.24, 2.45) is 0 Å². The molecule has 1 aliphatic rings. The van der Waals surface area contributed by atoms with Crippen molar-refractivity contribution in [2.75, 3.05) is 13.7 Å². The van der Waals surface area contributed by atoms with Gasteiger partial charge in [-0.05, 0) is 26.2 Å². The van der Waals surface area contributed by atoms with Gasteiger partial charge in [0.25, 0.3) is 0 Å². The lowest BCUT2D eigenvalue weighted by atomic mass is 10.0. The van der Waals surface area contributed by atoms with Gasteiger partial charge in [0, 0.05) is 6.54 Å². The molecule has 2 atom stereocenters. The molecular weight excluding hydrogens is 240 g/mol. The Morgan fingerprint density at radius 3 is 2.61 bits per heavy atom. The Balaban J connectivity index is 2.68. The summed E-state index contributed by atoms with van der Waals surface area (Å²) in [6, 6.07) is -1.59. The number of rotatable bonds is 3. The third kappa shape index (κ3) is 3.35. The van der Waals surface area contributed by atoms with E-state index >= 15 is 0 Å². The van der Waals surface area contributed by atoms with Crippen molar-refractivity contribution in [3.8, 4) is 0 Å². The van der Waals surface area contributed by atoms with Crippen LogP contribution in [0, 0.1) is 0 Å². The van der Waals surface area contributed by atoms with Crippen molar-refractivity contribution in [3.63, 3.8) is 0 Å². The molecule has 0 aromatic carbocycles. The van der Waals surface area contributed by atoms with E-state index in [0.29, 0.717) is 13.0 Å². The number of carboxylic acid groups (broad SMARTS) is 1. The van der Waals surface area contributed by atoms with Gasteiger partial charge in [0.2, 0.25) is 5.91 Å². The topological polar surface area (TPSA) is 95.9 Å². The molecule has 0 aromatic heterocycles. The number of methoxy groups -OCH3 is 1. The SMILES string of the molecule is COC(=O)N[C@@H](C)C(=O)N1CCCCC1C(=O)O. The van der Waals surface area contributed by atoms with Crippen LogP contribution in [-0.2, 0) is 14.3 Å². The standard InChI is InChI=1S/C11H18N2O5/c1-7(12-11(17)18-2)9(14)13-6-4-3-5-8(13)10(15)16/h7-8H,3-6H2,1-2H3,(H,12,17)(H,15,16)/t7-,8?/m0/s1. The molecule has 1 unspecified atom stereocenters. The quantitative estimate of drug-likeness (QED) is 0.753. The van der Waals surface area contributed by atoms with Gasteiger partial charge in [-0.3, -0.25) is 4.79 Å². The molecule has 7 nitrogen and oxygen atoms in total. The maximum Gasteiger partial charge on any atom is 0.407 e. The average Bonchev–Trinajstić information content (AvgIpc) is 2.37. The summed E-state index contributed by atoms with van der Waals surface area (Å²) in [4.78, 5) is 35.4. The lowest BCUT2D eigenvalue weighted by molar-refractivity contribution is -0.152. The van der Waals surface area contributed by atoms with Gasteiger partial charge in [-0.15, -0.1) is 0 Å². The van der Waals surface area contributed by atoms with Crippen molar-refractivity contribution >= 4 is 18.0 Å². The zero-order chi connectivity index (χ0) is 13.7. The summed E-state index contributed by atoms with van der Waals surface area (Å²) in [5, 5.41) is 11.4. The number of carbonyl (C=O) groups is 3. The Hall–Kier alpha value is -1.79. The molecule has 0 aromatic rings. The first kappa shape index (κ1) is 14.3. The molecule has 7 heteroatoms. The highest BCUT2D eigenvalue weighted by Gasteiger charge is 2.34. The normalized spacial score (nSPS) is 21.0. The summed E-state index contributed by atoms with van der Waals surface area (Å²) in [7, 11) is 1.20. The van der Waals surface area contributed by atoms with Crippen molar-refractivity contribution < 1.29 is 24.2 Å². The number of carboxylic acids is 1. The lowest BCUT2D eigenvalue weighted by Gasteiger charge is -2.34. The summed E-state index contributed by atoms with van der Waals surface area (Å²) in [6.45, 7) is 1.91. The molecular formula is C11H18N2O5. The van der Waals surface area contributed by atoms with Gasteiger partial charge in [0.15, 0.2) is 0 Å². The third-order valence-electron chi connectivity index (χ3n) is 2.96. The second kappa shape index (κ2) is 6.23. The monoisotopic (exact) mass is 258 g/mol. The van der Waals surface area contributed by atoms with Gasteiger partial charge in [-0.25, -0.2) is 9.59 Å². The Labute approximate surface area is 105 Å². The molecule has 0 spiro atoms. The van der Waals surface area contributed by atoms with E-state index in [1.54, 1.807) is 0 Å². The number of likely N-dealkylation sites (tertiary alicyclic amines) is 1. The Kier molecular flexibility index (Phi) is 4.94. The fourth-order valence-electron chi connectivity index (χ4n) is 2.00.